The summed E-state index contributed by atoms with van der Waals surface area (Å²) >= 11 is 0. The van der Waals surface area contributed by atoms with Gasteiger partial charge in [-0.2, -0.15) is 0 Å². The van der Waals surface area contributed by atoms with Gasteiger partial charge in [0.05, 0.1) is 0 Å². The predicted molar refractivity (Wildman–Crippen MR) is 77.6 cm³/mol. The van der Waals surface area contributed by atoms with E-state index in [2.05, 4.69) is 56.9 Å². The molecule has 0 aromatic carbocycles. The van der Waals surface area contributed by atoms with Crippen molar-refractivity contribution in [3.8, 4) is 0 Å². The Balaban J connectivity index is 4.25. The molecule has 0 saturated carbocycles. The van der Waals surface area contributed by atoms with E-state index in [1.54, 1.807) is 0 Å². The maximum Gasteiger partial charge on any atom is 0.0221 e. The van der Waals surface area contributed by atoms with E-state index < -0.39 is 0 Å². The molecule has 0 aromatic rings. The first-order valence-electron chi connectivity index (χ1n) is 7.17. The smallest absolute Gasteiger partial charge is 0.0221 e. The first-order chi connectivity index (χ1) is 8.06. The quantitative estimate of drug-likeness (QED) is 0.592. The lowest BCUT2D eigenvalue weighted by molar-refractivity contribution is 0.122. The fourth-order valence-electron chi connectivity index (χ4n) is 2.50. The SMILES string of the molecule is CCCNCC(CC)N(CC)C(C)CN(C)C. The van der Waals surface area contributed by atoms with E-state index >= 15 is 0 Å². The predicted octanol–water partition coefficient (Wildman–Crippen LogP) is 2.04. The molecule has 0 aliphatic heterocycles. The van der Waals surface area contributed by atoms with Crippen molar-refractivity contribution in [1.82, 2.24) is 15.1 Å². The summed E-state index contributed by atoms with van der Waals surface area (Å²) in [6.07, 6.45) is 2.44. The molecule has 0 spiro atoms. The third-order valence-electron chi connectivity index (χ3n) is 3.31. The van der Waals surface area contributed by atoms with Crippen LogP contribution in [0.25, 0.3) is 0 Å². The Kier molecular flexibility index (Phi) is 9.79. The van der Waals surface area contributed by atoms with Gasteiger partial charge in [0.2, 0.25) is 0 Å². The highest BCUT2D eigenvalue weighted by atomic mass is 15.2. The number of rotatable bonds is 10. The third kappa shape index (κ3) is 7.02. The van der Waals surface area contributed by atoms with Gasteiger partial charge in [-0.15, -0.1) is 0 Å². The number of nitrogens with one attached hydrogen (secondary N) is 1. The molecule has 0 aliphatic carbocycles. The lowest BCUT2D eigenvalue weighted by Gasteiger charge is -2.36. The average Bonchev–Trinajstić information content (AvgIpc) is 2.27. The van der Waals surface area contributed by atoms with Crippen molar-refractivity contribution in [1.29, 1.82) is 0 Å². The number of likely N-dealkylation sites (N-methyl/N-ethyl adjacent to an activating group) is 2. The molecular formula is C14H33N3. The summed E-state index contributed by atoms with van der Waals surface area (Å²) < 4.78 is 0. The van der Waals surface area contributed by atoms with Crippen LogP contribution in [-0.2, 0) is 0 Å². The monoisotopic (exact) mass is 243 g/mol. The number of hydrogen-bond acceptors (Lipinski definition) is 3. The molecule has 0 fully saturated rings. The molecule has 0 bridgehead atoms. The maximum absolute atomic E-state index is 3.55. The zero-order valence-corrected chi connectivity index (χ0v) is 12.8. The van der Waals surface area contributed by atoms with E-state index in [0.717, 1.165) is 26.2 Å². The van der Waals surface area contributed by atoms with Crippen molar-refractivity contribution in [2.24, 2.45) is 0 Å². The van der Waals surface area contributed by atoms with Crippen molar-refractivity contribution in [2.45, 2.75) is 52.6 Å². The van der Waals surface area contributed by atoms with Gasteiger partial charge in [0.1, 0.15) is 0 Å². The van der Waals surface area contributed by atoms with Gasteiger partial charge in [-0.3, -0.25) is 4.90 Å². The number of nitrogens with zero attached hydrogens (tertiary/aromatic N) is 2. The van der Waals surface area contributed by atoms with E-state index in [1.807, 2.05) is 0 Å². The van der Waals surface area contributed by atoms with Crippen LogP contribution in [0.15, 0.2) is 0 Å². The molecule has 1 N–H and O–H groups in total. The highest BCUT2D eigenvalue weighted by Crippen LogP contribution is 2.09. The van der Waals surface area contributed by atoms with Gasteiger partial charge < -0.3 is 10.2 Å². The van der Waals surface area contributed by atoms with Gasteiger partial charge in [-0.05, 0) is 47.0 Å². The third-order valence-corrected chi connectivity index (χ3v) is 3.31. The fourth-order valence-corrected chi connectivity index (χ4v) is 2.50. The zero-order valence-electron chi connectivity index (χ0n) is 12.8. The Morgan fingerprint density at radius 1 is 1.12 bits per heavy atom. The minimum Gasteiger partial charge on any atom is -0.315 e. The van der Waals surface area contributed by atoms with Gasteiger partial charge in [-0.25, -0.2) is 0 Å². The first-order valence-corrected chi connectivity index (χ1v) is 7.17. The van der Waals surface area contributed by atoms with Gasteiger partial charge in [-0.1, -0.05) is 20.8 Å². The topological polar surface area (TPSA) is 18.5 Å². The Morgan fingerprint density at radius 3 is 2.18 bits per heavy atom. The lowest BCUT2D eigenvalue weighted by atomic mass is 10.1. The maximum atomic E-state index is 3.55. The second-order valence-corrected chi connectivity index (χ2v) is 5.21. The summed E-state index contributed by atoms with van der Waals surface area (Å²) in [5, 5.41) is 3.55. The van der Waals surface area contributed by atoms with Crippen LogP contribution in [0.3, 0.4) is 0 Å². The molecule has 0 aromatic heterocycles. The highest BCUT2D eigenvalue weighted by Gasteiger charge is 2.20. The van der Waals surface area contributed by atoms with Gasteiger partial charge in [0.15, 0.2) is 0 Å². The van der Waals surface area contributed by atoms with Crippen LogP contribution in [0.1, 0.15) is 40.5 Å². The van der Waals surface area contributed by atoms with E-state index in [0.29, 0.717) is 12.1 Å². The Bertz CT molecular complexity index is 171. The zero-order chi connectivity index (χ0) is 13.3. The number of hydrogen-bond donors (Lipinski definition) is 1. The van der Waals surface area contributed by atoms with Crippen LogP contribution in [-0.4, -0.2) is 62.2 Å². The molecule has 3 nitrogen and oxygen atoms in total. The van der Waals surface area contributed by atoms with Crippen LogP contribution < -0.4 is 5.32 Å². The van der Waals surface area contributed by atoms with Gasteiger partial charge in [0.25, 0.3) is 0 Å². The molecule has 0 aliphatic rings. The summed E-state index contributed by atoms with van der Waals surface area (Å²) in [5.74, 6) is 0. The largest absolute Gasteiger partial charge is 0.315 e. The highest BCUT2D eigenvalue weighted by molar-refractivity contribution is 4.78. The summed E-state index contributed by atoms with van der Waals surface area (Å²) in [4.78, 5) is 4.90. The summed E-state index contributed by atoms with van der Waals surface area (Å²) in [6, 6.07) is 1.30. The van der Waals surface area contributed by atoms with Crippen LogP contribution in [0.4, 0.5) is 0 Å². The van der Waals surface area contributed by atoms with Crippen LogP contribution in [0, 0.1) is 0 Å². The van der Waals surface area contributed by atoms with E-state index in [9.17, 15) is 0 Å². The second kappa shape index (κ2) is 9.86. The van der Waals surface area contributed by atoms with Gasteiger partial charge in [0, 0.05) is 25.2 Å². The normalized spacial score (nSPS) is 15.5. The van der Waals surface area contributed by atoms with Crippen LogP contribution >= 0.6 is 0 Å². The van der Waals surface area contributed by atoms with E-state index in [-0.39, 0.29) is 0 Å². The Morgan fingerprint density at radius 2 is 1.76 bits per heavy atom. The average molecular weight is 243 g/mol. The van der Waals surface area contributed by atoms with Crippen molar-refractivity contribution in [2.75, 3.05) is 40.3 Å². The summed E-state index contributed by atoms with van der Waals surface area (Å²) in [7, 11) is 4.31. The molecule has 17 heavy (non-hydrogen) atoms. The molecule has 2 atom stereocenters. The molecule has 3 heteroatoms. The molecular weight excluding hydrogens is 210 g/mol. The molecule has 0 amide bonds. The molecule has 0 rings (SSSR count). The minimum absolute atomic E-state index is 0.628. The molecule has 104 valence electrons. The van der Waals surface area contributed by atoms with Crippen LogP contribution in [0.5, 0.6) is 0 Å². The standard InChI is InChI=1S/C14H33N3/c1-7-10-15-11-14(8-2)17(9-3)13(4)12-16(5)6/h13-15H,7-12H2,1-6H3. The van der Waals surface area contributed by atoms with Crippen molar-refractivity contribution < 1.29 is 0 Å². The molecule has 0 saturated heterocycles. The Labute approximate surface area is 109 Å². The molecule has 0 radical (unpaired) electrons. The van der Waals surface area contributed by atoms with Crippen molar-refractivity contribution >= 4 is 0 Å². The molecule has 0 heterocycles. The van der Waals surface area contributed by atoms with E-state index in [4.69, 9.17) is 0 Å². The lowest BCUT2D eigenvalue weighted by Crippen LogP contribution is -2.49. The van der Waals surface area contributed by atoms with Crippen molar-refractivity contribution in [3.63, 3.8) is 0 Å². The molecule has 2 unspecified atom stereocenters. The van der Waals surface area contributed by atoms with Gasteiger partial charge >= 0.3 is 0 Å². The Hall–Kier alpha value is -0.120. The van der Waals surface area contributed by atoms with Crippen LogP contribution in [0.2, 0.25) is 0 Å². The minimum atomic E-state index is 0.628. The first kappa shape index (κ1) is 16.9. The summed E-state index contributed by atoms with van der Waals surface area (Å²) in [6.45, 7) is 13.7. The van der Waals surface area contributed by atoms with Crippen molar-refractivity contribution in [3.05, 3.63) is 0 Å². The summed E-state index contributed by atoms with van der Waals surface area (Å²) in [5.41, 5.74) is 0. The second-order valence-electron chi connectivity index (χ2n) is 5.21. The fraction of sp³-hybridized carbons (Fsp3) is 1.00. The van der Waals surface area contributed by atoms with E-state index in [1.165, 1.54) is 12.8 Å².